The fourth-order valence-electron chi connectivity index (χ4n) is 1.54. The van der Waals surface area contributed by atoms with Crippen molar-refractivity contribution in [3.8, 4) is 0 Å². The molecule has 0 unspecified atom stereocenters. The largest absolute Gasteiger partial charge is 2.00 e. The Morgan fingerprint density at radius 2 is 1.16 bits per heavy atom. The molecule has 0 saturated heterocycles. The molecule has 2 amide bonds. The summed E-state index contributed by atoms with van der Waals surface area (Å²) in [6.07, 6.45) is 6.43. The number of amides is 2. The van der Waals surface area contributed by atoms with Crippen LogP contribution in [0.2, 0.25) is 0 Å². The first-order valence-corrected chi connectivity index (χ1v) is 11.4. The van der Waals surface area contributed by atoms with Crippen molar-refractivity contribution >= 4 is 60.0 Å². The zero-order valence-electron chi connectivity index (χ0n) is 22.1. The van der Waals surface area contributed by atoms with E-state index in [0.29, 0.717) is 0 Å². The summed E-state index contributed by atoms with van der Waals surface area (Å²) in [7, 11) is 6.75. The molecule has 1 rings (SSSR count). The van der Waals surface area contributed by atoms with E-state index in [2.05, 4.69) is 39.4 Å². The number of isothiocyanates is 2. The van der Waals surface area contributed by atoms with E-state index in [1.54, 1.807) is 40.6 Å². The van der Waals surface area contributed by atoms with Gasteiger partial charge < -0.3 is 30.8 Å². The van der Waals surface area contributed by atoms with Gasteiger partial charge in [-0.05, 0) is 25.0 Å². The van der Waals surface area contributed by atoms with Crippen molar-refractivity contribution in [1.29, 1.82) is 0 Å². The number of nitrogens with zero attached hydrogens (tertiary/aromatic N) is 7. The second-order valence-electron chi connectivity index (χ2n) is 6.85. The van der Waals surface area contributed by atoms with Crippen LogP contribution >= 0.6 is 24.4 Å². The van der Waals surface area contributed by atoms with Gasteiger partial charge >= 0.3 is 17.1 Å². The third-order valence-electron chi connectivity index (χ3n) is 3.41. The van der Waals surface area contributed by atoms with Gasteiger partial charge in [-0.2, -0.15) is 10.3 Å². The average molecular weight is 595 g/mol. The van der Waals surface area contributed by atoms with E-state index in [9.17, 15) is 9.59 Å². The molecule has 0 aliphatic heterocycles. The first-order valence-electron chi connectivity index (χ1n) is 10.6. The quantitative estimate of drug-likeness (QED) is 0.181. The van der Waals surface area contributed by atoms with Gasteiger partial charge in [0, 0.05) is 40.6 Å². The second kappa shape index (κ2) is 35.6. The summed E-state index contributed by atoms with van der Waals surface area (Å²) in [5.41, 5.74) is 1.47. The second-order valence-corrected chi connectivity index (χ2v) is 7.22. The van der Waals surface area contributed by atoms with Gasteiger partial charge in [-0.1, -0.05) is 44.3 Å². The van der Waals surface area contributed by atoms with E-state index in [1.165, 1.54) is 20.1 Å². The first-order chi connectivity index (χ1) is 17.1. The summed E-state index contributed by atoms with van der Waals surface area (Å²) in [5.74, 6) is 0. The summed E-state index contributed by atoms with van der Waals surface area (Å²) in [5, 5.41) is 35.1. The number of aliphatic imine (C=N–C) groups is 2. The molecule has 14 heteroatoms. The molecule has 1 radical (unpaired) electrons. The van der Waals surface area contributed by atoms with Gasteiger partial charge in [-0.25, -0.2) is 4.98 Å². The molecule has 0 saturated carbocycles. The Labute approximate surface area is 241 Å². The molecule has 1 aromatic heterocycles. The molecule has 0 bridgehead atoms. The standard InChI is InChI=1S/C15H23N3O2.2C3H7NO.2CNS.Mn/c1-3-12(10-19)16-8-14-6-5-7-15(18-14)9-17-13(4-2)11-20;2*1-4(2)3-5;2*2-1-3;/h5-9,12-13,19-20H,3-4,10-11H2,1-2H3;2*3H,1-2H3;;;/q;;;2*-1;+2/t12-,13+;;;;;. The predicted octanol–water partition coefficient (Wildman–Crippen LogP) is 2.18. The number of thiocarbonyl (C=S) groups is 2. The van der Waals surface area contributed by atoms with E-state index >= 15 is 0 Å². The van der Waals surface area contributed by atoms with E-state index in [1.807, 2.05) is 32.0 Å². The van der Waals surface area contributed by atoms with Gasteiger partial charge in [0.15, 0.2) is 0 Å². The van der Waals surface area contributed by atoms with E-state index in [-0.39, 0.29) is 42.4 Å². The molecule has 0 aliphatic carbocycles. The fraction of sp³-hybridized carbons (Fsp3) is 0.522. The summed E-state index contributed by atoms with van der Waals surface area (Å²) in [6, 6.07) is 5.44. The minimum atomic E-state index is -0.0759. The van der Waals surface area contributed by atoms with Gasteiger partial charge in [0.05, 0.1) is 36.7 Å². The number of pyridine rings is 1. The smallest absolute Gasteiger partial charge is 0.753 e. The summed E-state index contributed by atoms with van der Waals surface area (Å²) in [6.45, 7) is 4.05. The minimum Gasteiger partial charge on any atom is -0.753 e. The molecule has 1 heterocycles. The Morgan fingerprint density at radius 3 is 1.35 bits per heavy atom. The maximum atomic E-state index is 9.43. The van der Waals surface area contributed by atoms with Gasteiger partial charge in [0.1, 0.15) is 0 Å². The maximum absolute atomic E-state index is 9.43. The molecule has 2 atom stereocenters. The van der Waals surface area contributed by atoms with Crippen LogP contribution in [0.4, 0.5) is 0 Å². The number of hydrogen-bond acceptors (Lipinski definition) is 9. The Hall–Kier alpha value is -2.53. The van der Waals surface area contributed by atoms with E-state index in [4.69, 9.17) is 21.0 Å². The third-order valence-corrected chi connectivity index (χ3v) is 3.41. The molecule has 0 aromatic carbocycles. The molecule has 2 N–H and O–H groups in total. The molecular weight excluding hydrogens is 557 g/mol. The minimum absolute atomic E-state index is 0. The topological polar surface area (TPSA) is 163 Å². The van der Waals surface area contributed by atoms with E-state index < -0.39 is 0 Å². The number of rotatable bonds is 10. The third kappa shape index (κ3) is 38.2. The monoisotopic (exact) mass is 594 g/mol. The number of carbonyl (C=O) groups excluding carboxylic acids is 2. The molecule has 37 heavy (non-hydrogen) atoms. The van der Waals surface area contributed by atoms with Crippen molar-refractivity contribution in [2.75, 3.05) is 41.4 Å². The van der Waals surface area contributed by atoms with Crippen LogP contribution in [0.1, 0.15) is 38.1 Å². The van der Waals surface area contributed by atoms with Gasteiger partial charge in [-0.15, -0.1) is 0 Å². The van der Waals surface area contributed by atoms with Crippen LogP contribution in [0.25, 0.3) is 10.8 Å². The Kier molecular flexibility index (Phi) is 42.8. The SMILES string of the molecule is CC[C@H](CO)N=Cc1cccc(C=N[C@@H](CC)CO)n1.CN(C)C=O.CN(C)C=O.[Mn+2].[N-]=C=S.[N-]=C=S. The van der Waals surface area contributed by atoms with Crippen LogP contribution < -0.4 is 0 Å². The normalized spacial score (nSPS) is 10.4. The van der Waals surface area contributed by atoms with Gasteiger partial charge in [0.2, 0.25) is 12.8 Å². The van der Waals surface area contributed by atoms with Crippen LogP contribution in [0.5, 0.6) is 0 Å². The molecular formula is C23H37MnN7O4S2. The molecule has 0 spiro atoms. The van der Waals surface area contributed by atoms with Crippen LogP contribution in [-0.4, -0.2) is 114 Å². The first kappa shape index (κ1) is 44.5. The zero-order valence-corrected chi connectivity index (χ0v) is 24.9. The summed E-state index contributed by atoms with van der Waals surface area (Å²) in [4.78, 5) is 34.7. The molecule has 0 aliphatic rings. The van der Waals surface area contributed by atoms with Crippen molar-refractivity contribution < 1.29 is 36.9 Å². The number of aliphatic hydroxyl groups excluding tert-OH is 2. The van der Waals surface area contributed by atoms with Crippen molar-refractivity contribution in [2.45, 2.75) is 38.8 Å². The maximum Gasteiger partial charge on any atom is 2.00 e. The van der Waals surface area contributed by atoms with Gasteiger partial charge in [0.25, 0.3) is 0 Å². The molecule has 11 nitrogen and oxygen atoms in total. The summed E-state index contributed by atoms with van der Waals surface area (Å²) >= 11 is 7.40. The fourth-order valence-corrected chi connectivity index (χ4v) is 1.54. The number of aliphatic hydroxyl groups is 2. The van der Waals surface area contributed by atoms with Crippen LogP contribution in [0.15, 0.2) is 28.2 Å². The Balaban J connectivity index is -0.000000165. The Bertz CT molecular complexity index is 732. The molecule has 207 valence electrons. The van der Waals surface area contributed by atoms with Crippen molar-refractivity contribution in [3.05, 3.63) is 40.4 Å². The van der Waals surface area contributed by atoms with Crippen LogP contribution in [0, 0.1) is 0 Å². The molecule has 1 aromatic rings. The van der Waals surface area contributed by atoms with Gasteiger partial charge in [-0.3, -0.25) is 19.6 Å². The summed E-state index contributed by atoms with van der Waals surface area (Å²) < 4.78 is 0. The Morgan fingerprint density at radius 1 is 0.892 bits per heavy atom. The van der Waals surface area contributed by atoms with Crippen molar-refractivity contribution in [2.24, 2.45) is 9.98 Å². The van der Waals surface area contributed by atoms with Crippen molar-refractivity contribution in [1.82, 2.24) is 14.8 Å². The number of hydrogen-bond donors (Lipinski definition) is 2. The average Bonchev–Trinajstić information content (AvgIpc) is 2.87. The number of aromatic nitrogens is 1. The molecule has 0 fully saturated rings. The van der Waals surface area contributed by atoms with Crippen LogP contribution in [0.3, 0.4) is 0 Å². The predicted molar refractivity (Wildman–Crippen MR) is 153 cm³/mol. The number of carbonyl (C=O) groups is 2. The zero-order chi connectivity index (χ0) is 28.8. The van der Waals surface area contributed by atoms with Crippen molar-refractivity contribution in [3.63, 3.8) is 0 Å². The van der Waals surface area contributed by atoms with E-state index in [0.717, 1.165) is 37.0 Å². The van der Waals surface area contributed by atoms with Crippen LogP contribution in [-0.2, 0) is 26.7 Å².